The summed E-state index contributed by atoms with van der Waals surface area (Å²) in [5, 5.41) is 13.8. The van der Waals surface area contributed by atoms with Crippen LogP contribution >= 0.6 is 23.2 Å². The predicted molar refractivity (Wildman–Crippen MR) is 406 cm³/mol. The number of pyridine rings is 1. The number of benzene rings is 6. The van der Waals surface area contributed by atoms with Gasteiger partial charge in [-0.05, 0) is 92.1 Å². The predicted octanol–water partition coefficient (Wildman–Crippen LogP) is 15.0. The molecule has 0 unspecified atom stereocenters. The molecule has 516 valence electrons. The number of nitrogens with two attached hydrogens (primary N) is 5. The fraction of sp³-hybridized carbons (Fsp3) is 0.160. The lowest BCUT2D eigenvalue weighted by Gasteiger charge is -2.10. The second-order valence-corrected chi connectivity index (χ2v) is 23.2. The summed E-state index contributed by atoms with van der Waals surface area (Å²) >= 11 is 12.1. The summed E-state index contributed by atoms with van der Waals surface area (Å²) in [4.78, 5) is 49.0. The highest BCUT2D eigenvalue weighted by molar-refractivity contribution is 6.34. The molecule has 6 aromatic carbocycles. The molecule has 0 fully saturated rings. The minimum atomic E-state index is -2.47. The van der Waals surface area contributed by atoms with Crippen LogP contribution in [-0.2, 0) is 19.3 Å². The maximum absolute atomic E-state index is 12.1. The highest BCUT2D eigenvalue weighted by Crippen LogP contribution is 2.34. The molecule has 0 radical (unpaired) electrons. The summed E-state index contributed by atoms with van der Waals surface area (Å²) in [7, 11) is 5.06. The van der Waals surface area contributed by atoms with Crippen LogP contribution in [0, 0.1) is 13.8 Å². The Morgan fingerprint density at radius 1 is 0.475 bits per heavy atom. The first kappa shape index (κ1) is 73.1. The molecule has 0 spiro atoms. The van der Waals surface area contributed by atoms with Crippen molar-refractivity contribution in [1.82, 2.24) is 59.8 Å². The van der Waals surface area contributed by atoms with Gasteiger partial charge in [0.15, 0.2) is 0 Å². The smallest absolute Gasteiger partial charge is 0.255 e. The van der Waals surface area contributed by atoms with Gasteiger partial charge >= 0.3 is 0 Å². The maximum Gasteiger partial charge on any atom is 0.255 e. The van der Waals surface area contributed by atoms with E-state index in [0.717, 1.165) is 94.0 Å². The summed E-state index contributed by atoms with van der Waals surface area (Å²) in [5.41, 5.74) is 44.2. The topological polar surface area (TPSA) is 345 Å². The van der Waals surface area contributed by atoms with Crippen LogP contribution in [-0.4, -0.2) is 101 Å². The highest BCUT2D eigenvalue weighted by atomic mass is 35.5. The van der Waals surface area contributed by atoms with Gasteiger partial charge in [-0.2, -0.15) is 19.9 Å². The quantitative estimate of drug-likeness (QED) is 0.0359. The van der Waals surface area contributed by atoms with Crippen molar-refractivity contribution in [2.45, 2.75) is 46.0 Å². The molecule has 22 nitrogen and oxygen atoms in total. The second kappa shape index (κ2) is 36.4. The molecule has 0 bridgehead atoms. The zero-order valence-corrected chi connectivity index (χ0v) is 57.7. The number of aryl methyl sites for hydroxylation is 3. The van der Waals surface area contributed by atoms with E-state index in [4.69, 9.17) is 56.6 Å². The van der Waals surface area contributed by atoms with Gasteiger partial charge in [0.25, 0.3) is 6.43 Å². The van der Waals surface area contributed by atoms with Crippen molar-refractivity contribution in [1.29, 1.82) is 0 Å². The molecule has 101 heavy (non-hydrogen) atoms. The zero-order valence-electron chi connectivity index (χ0n) is 56.2. The number of alkyl halides is 2. The lowest BCUT2D eigenvalue weighted by molar-refractivity contribution is 0.163. The van der Waals surface area contributed by atoms with Crippen molar-refractivity contribution in [3.8, 4) is 62.2 Å². The van der Waals surface area contributed by atoms with E-state index in [-0.39, 0.29) is 29.6 Å². The van der Waals surface area contributed by atoms with E-state index in [1.54, 1.807) is 62.8 Å². The van der Waals surface area contributed by atoms with E-state index in [0.29, 0.717) is 50.5 Å². The monoisotopic (exact) mass is 1400 g/mol. The molecular weight excluding hydrogens is 1320 g/mol. The highest BCUT2D eigenvalue weighted by Gasteiger charge is 2.15. The normalized spacial score (nSPS) is 10.6. The summed E-state index contributed by atoms with van der Waals surface area (Å²) in [6.07, 6.45) is 5.00. The number of hydrogen-bond donors (Lipinski definition) is 10. The van der Waals surface area contributed by atoms with E-state index >= 15 is 0 Å². The third kappa shape index (κ3) is 21.7. The van der Waals surface area contributed by atoms with Crippen molar-refractivity contribution in [2.75, 3.05) is 84.2 Å². The molecule has 0 aliphatic heterocycles. The SMILES string of the molecule is CNc1cc(-c2c[nH]c3ccccc23)nc(N)n1.CNc1cc(-c2ccnc(OC)c2Cl)nc(N)n1.Cc1cccc(-c2cc(CCCc3ccccc3)nc(N)n2)c1C.Nc1nc(NCC(F)F)cc(-c2cccc(Cl)c2)n1.Nc1nc(NCCc2ccccc2)cc(-c2ccccc2)n1. The standard InChI is InChI=1S/C21H23N3.C18H18N4.C13H13N5.C12H11ClF2N4.C11H12ClN5O/c1-15-8-6-13-19(16(15)2)20-14-18(23-21(22)24-20)12-7-11-17-9-4-3-5-10-17;19-18-21-16(15-9-5-2-6-10-15)13-17(22-18)20-12-11-14-7-3-1-4-8-14;1-15-12-6-11(17-13(14)18-12)9-7-16-10-5-3-2-4-8(9)10;13-8-3-1-2-7(4-8)9-5-11(17-6-10(14)15)19-12(16)18-9;1-14-8-5-7(16-11(13)17-8)6-3-4-15-10(18-2)9(6)12/h3-6,8-10,13-14H,7,11-12H2,1-2H3,(H2,22,23,24);1-10,13H,11-12H2,(H3,19,20,21,22);2-7,16H,1H3,(H3,14,15,17,18);1-5,10H,6H2,(H3,16,17,18,19);3-5H,1-2H3,(H3,13,14,16,17). The van der Waals surface area contributed by atoms with Gasteiger partial charge in [0.1, 0.15) is 28.3 Å². The number of halogens is 4. The van der Waals surface area contributed by atoms with Gasteiger partial charge in [-0.1, -0.05) is 163 Å². The Morgan fingerprint density at radius 3 is 1.58 bits per heavy atom. The van der Waals surface area contributed by atoms with Crippen LogP contribution in [0.5, 0.6) is 5.88 Å². The summed E-state index contributed by atoms with van der Waals surface area (Å²) in [5.74, 6) is 3.75. The number of aromatic nitrogens is 12. The number of methoxy groups -OCH3 is 1. The molecule has 13 aromatic rings. The fourth-order valence-corrected chi connectivity index (χ4v) is 10.7. The Hall–Kier alpha value is -12.2. The number of nitrogens with zero attached hydrogens (tertiary/aromatic N) is 11. The van der Waals surface area contributed by atoms with E-state index in [2.05, 4.69) is 162 Å². The number of hydrogen-bond acceptors (Lipinski definition) is 21. The Morgan fingerprint density at radius 2 is 0.980 bits per heavy atom. The van der Waals surface area contributed by atoms with Crippen molar-refractivity contribution < 1.29 is 13.5 Å². The molecule has 26 heteroatoms. The molecule has 0 atom stereocenters. The number of rotatable bonds is 19. The molecule has 0 aliphatic carbocycles. The molecule has 7 heterocycles. The number of para-hydroxylation sites is 1. The van der Waals surface area contributed by atoms with Crippen LogP contribution in [0.3, 0.4) is 0 Å². The average Bonchev–Trinajstić information content (AvgIpc) is 1.72. The van der Waals surface area contributed by atoms with E-state index in [1.165, 1.54) is 29.4 Å². The van der Waals surface area contributed by atoms with E-state index < -0.39 is 13.0 Å². The van der Waals surface area contributed by atoms with Gasteiger partial charge in [0.2, 0.25) is 35.6 Å². The van der Waals surface area contributed by atoms with Crippen LogP contribution in [0.1, 0.15) is 34.4 Å². The van der Waals surface area contributed by atoms with Crippen LogP contribution in [0.4, 0.5) is 61.8 Å². The molecule has 15 N–H and O–H groups in total. The Labute approximate surface area is 594 Å². The van der Waals surface area contributed by atoms with Gasteiger partial charge < -0.3 is 59.7 Å². The number of aromatic amines is 1. The lowest BCUT2D eigenvalue weighted by Crippen LogP contribution is -2.12. The fourth-order valence-electron chi connectivity index (χ4n) is 10.3. The summed E-state index contributed by atoms with van der Waals surface area (Å²) in [6, 6.07) is 63.1. The minimum Gasteiger partial charge on any atom is -0.480 e. The van der Waals surface area contributed by atoms with Crippen molar-refractivity contribution in [3.63, 3.8) is 0 Å². The number of ether oxygens (including phenoxy) is 1. The lowest BCUT2D eigenvalue weighted by atomic mass is 10.00. The molecular formula is C75H77Cl2F2N21O. The molecule has 0 saturated heterocycles. The number of fused-ring (bicyclic) bond motifs is 1. The van der Waals surface area contributed by atoms with Gasteiger partial charge in [-0.25, -0.2) is 43.7 Å². The van der Waals surface area contributed by atoms with Gasteiger partial charge in [-0.15, -0.1) is 0 Å². The Bertz CT molecular complexity index is 4810. The summed E-state index contributed by atoms with van der Waals surface area (Å²) < 4.78 is 29.3. The second-order valence-electron chi connectivity index (χ2n) is 22.4. The number of nitrogens with one attached hydrogen (secondary N) is 5. The van der Waals surface area contributed by atoms with E-state index in [9.17, 15) is 8.78 Å². The molecule has 0 saturated carbocycles. The van der Waals surface area contributed by atoms with Gasteiger partial charge in [0, 0.05) is 107 Å². The Balaban J connectivity index is 0.000000148. The zero-order chi connectivity index (χ0) is 71.6. The van der Waals surface area contributed by atoms with Crippen LogP contribution in [0.25, 0.3) is 67.2 Å². The van der Waals surface area contributed by atoms with Crippen molar-refractivity contribution in [2.24, 2.45) is 0 Å². The number of nitrogen functional groups attached to an aromatic ring is 5. The third-order valence-corrected chi connectivity index (χ3v) is 15.9. The molecule has 7 aromatic heterocycles. The first-order valence-electron chi connectivity index (χ1n) is 32.0. The number of H-pyrrole nitrogens is 1. The van der Waals surface area contributed by atoms with Crippen LogP contribution in [0.15, 0.2) is 207 Å². The van der Waals surface area contributed by atoms with Gasteiger partial charge in [-0.3, -0.25) is 0 Å². The summed E-state index contributed by atoms with van der Waals surface area (Å²) in [6.45, 7) is 4.54. The third-order valence-electron chi connectivity index (χ3n) is 15.3. The van der Waals surface area contributed by atoms with E-state index in [1.807, 2.05) is 91.1 Å². The van der Waals surface area contributed by atoms with Crippen LogP contribution in [0.2, 0.25) is 10.0 Å². The first-order chi connectivity index (χ1) is 48.9. The number of anilines is 9. The van der Waals surface area contributed by atoms with Gasteiger partial charge in [0.05, 0.1) is 42.1 Å². The van der Waals surface area contributed by atoms with Crippen LogP contribution < -0.4 is 54.7 Å². The molecule has 0 aliphatic rings. The molecule has 0 amide bonds. The van der Waals surface area contributed by atoms with Crippen molar-refractivity contribution in [3.05, 3.63) is 245 Å². The maximum atomic E-state index is 12.1. The Kier molecular flexibility index (Phi) is 26.4. The van der Waals surface area contributed by atoms with Crippen molar-refractivity contribution >= 4 is 87.1 Å². The average molecular weight is 1400 g/mol. The largest absolute Gasteiger partial charge is 0.480 e. The molecule has 13 rings (SSSR count). The first-order valence-corrected chi connectivity index (χ1v) is 32.7. The minimum absolute atomic E-state index is 0.00856.